The molecule has 1 aromatic carbocycles. The highest BCUT2D eigenvalue weighted by molar-refractivity contribution is 5.96. The van der Waals surface area contributed by atoms with Crippen LogP contribution in [-0.4, -0.2) is 93.9 Å². The molecular formula is C32H43N7O9. The number of benzene rings is 1. The van der Waals surface area contributed by atoms with Crippen LogP contribution in [0.1, 0.15) is 49.8 Å². The Kier molecular flexibility index (Phi) is 9.64. The van der Waals surface area contributed by atoms with Crippen LogP contribution in [0, 0.1) is 0 Å². The van der Waals surface area contributed by atoms with E-state index in [4.69, 9.17) is 24.7 Å². The van der Waals surface area contributed by atoms with Gasteiger partial charge < -0.3 is 49.1 Å². The Bertz CT molecular complexity index is 1620. The molecular weight excluding hydrogens is 626 g/mol. The van der Waals surface area contributed by atoms with Crippen LogP contribution in [-0.2, 0) is 33.9 Å². The van der Waals surface area contributed by atoms with Crippen LogP contribution in [0.2, 0.25) is 0 Å². The van der Waals surface area contributed by atoms with Gasteiger partial charge in [-0.3, -0.25) is 21.2 Å². The van der Waals surface area contributed by atoms with Gasteiger partial charge >= 0.3 is 5.97 Å². The number of hydrogen-bond acceptors (Lipinski definition) is 14. The minimum atomic E-state index is -1.24. The van der Waals surface area contributed by atoms with Crippen molar-refractivity contribution < 1.29 is 43.9 Å². The number of ether oxygens (including phenoxy) is 4. The molecule has 0 spiro atoms. The van der Waals surface area contributed by atoms with Crippen LogP contribution < -0.4 is 40.8 Å². The molecule has 5 unspecified atom stereocenters. The summed E-state index contributed by atoms with van der Waals surface area (Å²) in [4.78, 5) is 32.0. The number of hydrogen-bond donors (Lipinski definition) is 7. The first-order valence-electron chi connectivity index (χ1n) is 16.1. The Morgan fingerprint density at radius 2 is 2.10 bits per heavy atom. The van der Waals surface area contributed by atoms with Gasteiger partial charge in [0, 0.05) is 37.5 Å². The molecule has 2 fully saturated rings. The number of carbonyl (C=O) groups is 2. The second-order valence-electron chi connectivity index (χ2n) is 12.3. The molecule has 5 atom stereocenters. The third-order valence-corrected chi connectivity index (χ3v) is 9.13. The van der Waals surface area contributed by atoms with Crippen molar-refractivity contribution in [1.29, 1.82) is 0 Å². The molecule has 2 saturated heterocycles. The quantitative estimate of drug-likeness (QED) is 0.113. The maximum absolute atomic E-state index is 13.0. The summed E-state index contributed by atoms with van der Waals surface area (Å²) in [5.41, 5.74) is 6.81. The van der Waals surface area contributed by atoms with Gasteiger partial charge in [0.15, 0.2) is 0 Å². The average Bonchev–Trinajstić information content (AvgIpc) is 3.81. The number of amides is 1. The summed E-state index contributed by atoms with van der Waals surface area (Å²) in [7, 11) is 1.52. The van der Waals surface area contributed by atoms with E-state index in [0.29, 0.717) is 72.1 Å². The molecule has 0 aliphatic carbocycles. The molecule has 4 aliphatic rings. The van der Waals surface area contributed by atoms with Crippen LogP contribution in [0.4, 0.5) is 5.95 Å². The van der Waals surface area contributed by atoms with E-state index >= 15 is 0 Å². The SMILES string of the molecule is CCOC(=O)C1=CC(=CCn2ccnc2N2CNC3C(=O)NC(N)NC32)c2c(OC)c3c(c(CO)c2O1)OC(C(C)(O)CCCCO)C3. The number of allylic oxidation sites excluding steroid dienone is 3. The van der Waals surface area contributed by atoms with Crippen molar-refractivity contribution >= 4 is 23.4 Å². The lowest BCUT2D eigenvalue weighted by molar-refractivity contribution is -0.141. The van der Waals surface area contributed by atoms with Crippen molar-refractivity contribution in [2.75, 3.05) is 31.9 Å². The molecule has 1 aromatic heterocycles. The number of carbonyl (C=O) groups excluding carboxylic acids is 2. The molecule has 16 nitrogen and oxygen atoms in total. The zero-order valence-electron chi connectivity index (χ0n) is 27.2. The topological polar surface area (TPSA) is 215 Å². The average molecular weight is 670 g/mol. The van der Waals surface area contributed by atoms with Gasteiger partial charge in [0.2, 0.25) is 17.6 Å². The fraction of sp³-hybridized carbons (Fsp3) is 0.531. The second kappa shape index (κ2) is 13.7. The number of anilines is 1. The molecule has 0 radical (unpaired) electrons. The van der Waals surface area contributed by atoms with Gasteiger partial charge in [0.1, 0.15) is 41.8 Å². The number of rotatable bonds is 12. The van der Waals surface area contributed by atoms with E-state index in [1.807, 2.05) is 15.5 Å². The zero-order chi connectivity index (χ0) is 34.2. The van der Waals surface area contributed by atoms with Gasteiger partial charge in [0.05, 0.1) is 43.7 Å². The monoisotopic (exact) mass is 669 g/mol. The summed E-state index contributed by atoms with van der Waals surface area (Å²) >= 11 is 0. The molecule has 2 aromatic rings. The Hall–Kier alpha value is -4.19. The van der Waals surface area contributed by atoms with E-state index in [9.17, 15) is 24.9 Å². The lowest BCUT2D eigenvalue weighted by Gasteiger charge is -2.35. The predicted octanol–water partition coefficient (Wildman–Crippen LogP) is -0.452. The summed E-state index contributed by atoms with van der Waals surface area (Å²) < 4.78 is 25.6. The minimum Gasteiger partial charge on any atom is -0.496 e. The van der Waals surface area contributed by atoms with Gasteiger partial charge in [-0.25, -0.2) is 9.78 Å². The van der Waals surface area contributed by atoms with E-state index in [1.54, 1.807) is 32.3 Å². The number of imidazole rings is 1. The highest BCUT2D eigenvalue weighted by Gasteiger charge is 2.45. The first kappa shape index (κ1) is 33.7. The lowest BCUT2D eigenvalue weighted by Crippen LogP contribution is -2.70. The zero-order valence-corrected chi connectivity index (χ0v) is 27.2. The number of aromatic nitrogens is 2. The fourth-order valence-electron chi connectivity index (χ4n) is 6.73. The van der Waals surface area contributed by atoms with E-state index in [-0.39, 0.29) is 37.2 Å². The standard InChI is InChI=1S/C32H43N7O9/c1-4-46-29(43)20-13-17(7-10-38-11-9-34-31(38)39-16-35-23-27(39)36-30(33)37-28(23)42)22-25(45-3)18-14-21(32(2,44)8-5-6-12-40)48-24(18)19(15-41)26(22)47-20/h7,9,11,13,21,23,27,30,35-36,40-41,44H,4-6,8,10,12,14-16,33H2,1-3H3,(H,37,42). The summed E-state index contributed by atoms with van der Waals surface area (Å²) in [5, 5.41) is 40.3. The van der Waals surface area contributed by atoms with E-state index in [1.165, 1.54) is 7.11 Å². The molecule has 5 heterocycles. The number of nitrogens with two attached hydrogens (primary N) is 1. The Balaban J connectivity index is 1.38. The Morgan fingerprint density at radius 1 is 1.29 bits per heavy atom. The van der Waals surface area contributed by atoms with E-state index in [0.717, 1.165) is 0 Å². The molecule has 6 rings (SSSR count). The van der Waals surface area contributed by atoms with Crippen LogP contribution in [0.15, 0.2) is 30.3 Å². The van der Waals surface area contributed by atoms with Crippen molar-refractivity contribution in [3.8, 4) is 17.2 Å². The molecule has 260 valence electrons. The third kappa shape index (κ3) is 6.10. The van der Waals surface area contributed by atoms with Crippen LogP contribution in [0.3, 0.4) is 0 Å². The molecule has 4 aliphatic heterocycles. The van der Waals surface area contributed by atoms with Crippen molar-refractivity contribution in [2.24, 2.45) is 5.73 Å². The number of methoxy groups -OCH3 is 1. The maximum atomic E-state index is 13.0. The van der Waals surface area contributed by atoms with Gasteiger partial charge in [0.25, 0.3) is 0 Å². The van der Waals surface area contributed by atoms with Crippen molar-refractivity contribution in [3.63, 3.8) is 0 Å². The maximum Gasteiger partial charge on any atom is 0.374 e. The normalized spacial score (nSPS) is 24.9. The molecule has 0 saturated carbocycles. The number of esters is 1. The third-order valence-electron chi connectivity index (χ3n) is 9.13. The number of nitrogens with one attached hydrogen (secondary N) is 3. The molecule has 16 heteroatoms. The number of aliphatic hydroxyl groups excluding tert-OH is 2. The van der Waals surface area contributed by atoms with Gasteiger partial charge in [-0.05, 0) is 44.8 Å². The fourth-order valence-corrected chi connectivity index (χ4v) is 6.73. The molecule has 48 heavy (non-hydrogen) atoms. The summed E-state index contributed by atoms with van der Waals surface area (Å²) in [6.45, 7) is 3.70. The van der Waals surface area contributed by atoms with Crippen molar-refractivity contribution in [2.45, 2.75) is 82.9 Å². The summed E-state index contributed by atoms with van der Waals surface area (Å²) in [6.07, 6.45) is 6.96. The Morgan fingerprint density at radius 3 is 2.83 bits per heavy atom. The minimum absolute atomic E-state index is 0.0259. The highest BCUT2D eigenvalue weighted by Crippen LogP contribution is 2.53. The predicted molar refractivity (Wildman–Crippen MR) is 171 cm³/mol. The van der Waals surface area contributed by atoms with Crippen molar-refractivity contribution in [3.05, 3.63) is 47.0 Å². The molecule has 1 amide bonds. The van der Waals surface area contributed by atoms with Gasteiger partial charge in [-0.1, -0.05) is 6.08 Å². The van der Waals surface area contributed by atoms with Gasteiger partial charge in [-0.2, -0.15) is 0 Å². The largest absolute Gasteiger partial charge is 0.496 e. The van der Waals surface area contributed by atoms with Crippen LogP contribution in [0.5, 0.6) is 17.2 Å². The first-order chi connectivity index (χ1) is 23.1. The number of nitrogens with zero attached hydrogens (tertiary/aromatic N) is 3. The first-order valence-corrected chi connectivity index (χ1v) is 16.1. The summed E-state index contributed by atoms with van der Waals surface area (Å²) in [6, 6.07) is -0.518. The van der Waals surface area contributed by atoms with Crippen LogP contribution in [0.25, 0.3) is 5.57 Å². The van der Waals surface area contributed by atoms with Crippen LogP contribution >= 0.6 is 0 Å². The van der Waals surface area contributed by atoms with Gasteiger partial charge in [-0.15, -0.1) is 0 Å². The number of unbranched alkanes of at least 4 members (excludes halogenated alkanes) is 1. The Labute approximate surface area is 277 Å². The van der Waals surface area contributed by atoms with E-state index < -0.39 is 42.8 Å². The van der Waals surface area contributed by atoms with Crippen molar-refractivity contribution in [1.82, 2.24) is 25.5 Å². The summed E-state index contributed by atoms with van der Waals surface area (Å²) in [5.74, 6) is 0.566. The highest BCUT2D eigenvalue weighted by atomic mass is 16.6. The lowest BCUT2D eigenvalue weighted by atomic mass is 9.87. The molecule has 0 bridgehead atoms. The van der Waals surface area contributed by atoms with E-state index in [2.05, 4.69) is 20.9 Å². The molecule has 8 N–H and O–H groups in total. The number of fused-ring (bicyclic) bond motifs is 3. The smallest absolute Gasteiger partial charge is 0.374 e. The second-order valence-corrected chi connectivity index (χ2v) is 12.3. The number of aliphatic hydroxyl groups is 3.